The van der Waals surface area contributed by atoms with Crippen LogP contribution in [-0.2, 0) is 11.3 Å². The summed E-state index contributed by atoms with van der Waals surface area (Å²) < 4.78 is 5.65. The Balaban J connectivity index is 2.10. The maximum absolute atomic E-state index is 5.65. The van der Waals surface area contributed by atoms with Crippen LogP contribution in [0.4, 0.5) is 5.69 Å². The molecule has 0 amide bonds. The van der Waals surface area contributed by atoms with Crippen LogP contribution in [0, 0.1) is 0 Å². The minimum absolute atomic E-state index is 0.322. The van der Waals surface area contributed by atoms with E-state index < -0.39 is 0 Å². The molecule has 1 aliphatic rings. The highest BCUT2D eigenvalue weighted by Crippen LogP contribution is 2.22. The summed E-state index contributed by atoms with van der Waals surface area (Å²) in [5.74, 6) is 0. The fourth-order valence-corrected chi connectivity index (χ4v) is 2.27. The molecular weight excluding hydrogens is 212 g/mol. The summed E-state index contributed by atoms with van der Waals surface area (Å²) in [5.41, 5.74) is 2.62. The Hall–Kier alpha value is -1.06. The van der Waals surface area contributed by atoms with Crippen molar-refractivity contribution in [1.29, 1.82) is 0 Å². The van der Waals surface area contributed by atoms with Gasteiger partial charge in [0.2, 0.25) is 0 Å². The average molecular weight is 234 g/mol. The molecule has 1 fully saturated rings. The second-order valence-electron chi connectivity index (χ2n) is 4.84. The van der Waals surface area contributed by atoms with Gasteiger partial charge in [-0.25, -0.2) is 0 Å². The molecule has 1 N–H and O–H groups in total. The highest BCUT2D eigenvalue weighted by molar-refractivity contribution is 5.49. The Morgan fingerprint density at radius 2 is 2.00 bits per heavy atom. The van der Waals surface area contributed by atoms with E-state index in [-0.39, 0.29) is 0 Å². The monoisotopic (exact) mass is 234 g/mol. The standard InChI is InChI=1S/C14H22N2O/c1-11-10-17-12(2)9-16(11)14-6-4-13(5-7-14)8-15-3/h4-7,11-12,15H,8-10H2,1-3H3. The first-order valence-corrected chi connectivity index (χ1v) is 6.32. The Bertz CT molecular complexity index is 350. The van der Waals surface area contributed by atoms with Gasteiger partial charge < -0.3 is 15.0 Å². The van der Waals surface area contributed by atoms with Crippen LogP contribution in [0.25, 0.3) is 0 Å². The second kappa shape index (κ2) is 5.52. The van der Waals surface area contributed by atoms with Gasteiger partial charge in [0.15, 0.2) is 0 Å². The molecule has 3 nitrogen and oxygen atoms in total. The quantitative estimate of drug-likeness (QED) is 0.866. The van der Waals surface area contributed by atoms with E-state index >= 15 is 0 Å². The molecule has 0 radical (unpaired) electrons. The second-order valence-corrected chi connectivity index (χ2v) is 4.84. The van der Waals surface area contributed by atoms with Gasteiger partial charge in [0.1, 0.15) is 0 Å². The van der Waals surface area contributed by atoms with Gasteiger partial charge in [-0.15, -0.1) is 0 Å². The number of hydrogen-bond donors (Lipinski definition) is 1. The van der Waals surface area contributed by atoms with E-state index in [0.29, 0.717) is 12.1 Å². The van der Waals surface area contributed by atoms with E-state index in [1.807, 2.05) is 7.05 Å². The van der Waals surface area contributed by atoms with Crippen molar-refractivity contribution < 1.29 is 4.74 Å². The van der Waals surface area contributed by atoms with Gasteiger partial charge in [-0.3, -0.25) is 0 Å². The van der Waals surface area contributed by atoms with Crippen LogP contribution in [0.1, 0.15) is 19.4 Å². The summed E-state index contributed by atoms with van der Waals surface area (Å²) >= 11 is 0. The lowest BCUT2D eigenvalue weighted by Crippen LogP contribution is -2.47. The van der Waals surface area contributed by atoms with Gasteiger partial charge in [0.05, 0.1) is 12.7 Å². The molecule has 17 heavy (non-hydrogen) atoms. The molecule has 1 heterocycles. The molecule has 0 saturated carbocycles. The van der Waals surface area contributed by atoms with Crippen molar-refractivity contribution in [2.45, 2.75) is 32.5 Å². The molecule has 3 heteroatoms. The largest absolute Gasteiger partial charge is 0.375 e. The van der Waals surface area contributed by atoms with Crippen LogP contribution in [0.3, 0.4) is 0 Å². The smallest absolute Gasteiger partial charge is 0.0723 e. The van der Waals surface area contributed by atoms with Crippen molar-refractivity contribution >= 4 is 5.69 Å². The van der Waals surface area contributed by atoms with Gasteiger partial charge >= 0.3 is 0 Å². The summed E-state index contributed by atoms with van der Waals surface area (Å²) in [6, 6.07) is 9.26. The lowest BCUT2D eigenvalue weighted by molar-refractivity contribution is 0.0344. The van der Waals surface area contributed by atoms with Crippen LogP contribution >= 0.6 is 0 Å². The van der Waals surface area contributed by atoms with Crippen molar-refractivity contribution in [2.75, 3.05) is 25.1 Å². The Morgan fingerprint density at radius 3 is 2.65 bits per heavy atom. The fraction of sp³-hybridized carbons (Fsp3) is 0.571. The van der Waals surface area contributed by atoms with Crippen LogP contribution in [0.2, 0.25) is 0 Å². The number of nitrogens with zero attached hydrogens (tertiary/aromatic N) is 1. The molecule has 2 unspecified atom stereocenters. The van der Waals surface area contributed by atoms with Gasteiger partial charge in [-0.05, 0) is 38.6 Å². The average Bonchev–Trinajstić information content (AvgIpc) is 2.34. The predicted molar refractivity (Wildman–Crippen MR) is 71.4 cm³/mol. The fourth-order valence-electron chi connectivity index (χ4n) is 2.27. The van der Waals surface area contributed by atoms with E-state index in [2.05, 4.69) is 48.3 Å². The molecule has 1 aromatic carbocycles. The van der Waals surface area contributed by atoms with E-state index in [1.54, 1.807) is 0 Å². The van der Waals surface area contributed by atoms with E-state index in [1.165, 1.54) is 11.3 Å². The first-order chi connectivity index (χ1) is 8.20. The van der Waals surface area contributed by atoms with Crippen molar-refractivity contribution in [3.63, 3.8) is 0 Å². The topological polar surface area (TPSA) is 24.5 Å². The van der Waals surface area contributed by atoms with Gasteiger partial charge in [-0.1, -0.05) is 12.1 Å². The first kappa shape index (κ1) is 12.4. The number of ether oxygens (including phenoxy) is 1. The lowest BCUT2D eigenvalue weighted by Gasteiger charge is -2.38. The zero-order valence-electron chi connectivity index (χ0n) is 10.9. The van der Waals surface area contributed by atoms with Crippen LogP contribution in [-0.4, -0.2) is 32.3 Å². The first-order valence-electron chi connectivity index (χ1n) is 6.32. The Kier molecular flexibility index (Phi) is 4.02. The SMILES string of the molecule is CNCc1ccc(N2CC(C)OCC2C)cc1. The van der Waals surface area contributed by atoms with Crippen LogP contribution in [0.5, 0.6) is 0 Å². The van der Waals surface area contributed by atoms with Crippen LogP contribution in [0.15, 0.2) is 24.3 Å². The van der Waals surface area contributed by atoms with E-state index in [4.69, 9.17) is 4.74 Å². The number of nitrogens with one attached hydrogen (secondary N) is 1. The van der Waals surface area contributed by atoms with Gasteiger partial charge in [-0.2, -0.15) is 0 Å². The van der Waals surface area contributed by atoms with Gasteiger partial charge in [0, 0.05) is 24.8 Å². The number of hydrogen-bond acceptors (Lipinski definition) is 3. The highest BCUT2D eigenvalue weighted by atomic mass is 16.5. The minimum Gasteiger partial charge on any atom is -0.375 e. The molecular formula is C14H22N2O. The zero-order chi connectivity index (χ0) is 12.3. The zero-order valence-corrected chi connectivity index (χ0v) is 10.9. The third kappa shape index (κ3) is 2.99. The van der Waals surface area contributed by atoms with Crippen LogP contribution < -0.4 is 10.2 Å². The lowest BCUT2D eigenvalue weighted by atomic mass is 10.1. The number of rotatable bonds is 3. The molecule has 0 aromatic heterocycles. The molecule has 0 aliphatic carbocycles. The molecule has 2 atom stereocenters. The number of anilines is 1. The van der Waals surface area contributed by atoms with Crippen molar-refractivity contribution in [3.8, 4) is 0 Å². The third-order valence-electron chi connectivity index (χ3n) is 3.26. The number of benzene rings is 1. The van der Waals surface area contributed by atoms with Gasteiger partial charge in [0.25, 0.3) is 0 Å². The van der Waals surface area contributed by atoms with Crippen molar-refractivity contribution in [3.05, 3.63) is 29.8 Å². The van der Waals surface area contributed by atoms with E-state index in [9.17, 15) is 0 Å². The summed E-state index contributed by atoms with van der Waals surface area (Å²) in [7, 11) is 1.97. The van der Waals surface area contributed by atoms with Crippen molar-refractivity contribution in [2.24, 2.45) is 0 Å². The molecule has 0 bridgehead atoms. The molecule has 1 aliphatic heterocycles. The maximum atomic E-state index is 5.65. The Labute approximate surface area is 104 Å². The molecule has 1 aromatic rings. The summed E-state index contributed by atoms with van der Waals surface area (Å²) in [4.78, 5) is 2.43. The Morgan fingerprint density at radius 1 is 1.29 bits per heavy atom. The van der Waals surface area contributed by atoms with E-state index in [0.717, 1.165) is 19.7 Å². The summed E-state index contributed by atoms with van der Waals surface area (Å²) in [6.45, 7) is 7.07. The predicted octanol–water partition coefficient (Wildman–Crippen LogP) is 2.02. The third-order valence-corrected chi connectivity index (χ3v) is 3.26. The summed E-state index contributed by atoms with van der Waals surface area (Å²) in [6.07, 6.45) is 0.322. The molecule has 94 valence electrons. The number of morpholine rings is 1. The van der Waals surface area contributed by atoms with Crippen molar-refractivity contribution in [1.82, 2.24) is 5.32 Å². The minimum atomic E-state index is 0.322. The maximum Gasteiger partial charge on any atom is 0.0723 e. The molecule has 1 saturated heterocycles. The molecule has 0 spiro atoms. The normalized spacial score (nSPS) is 25.0. The highest BCUT2D eigenvalue weighted by Gasteiger charge is 2.23. The summed E-state index contributed by atoms with van der Waals surface area (Å²) in [5, 5.41) is 3.17. The molecule has 2 rings (SSSR count).